The first-order valence-electron chi connectivity index (χ1n) is 4.59. The van der Waals surface area contributed by atoms with E-state index in [1.54, 1.807) is 0 Å². The molecule has 1 rings (SSSR count). The van der Waals surface area contributed by atoms with Gasteiger partial charge < -0.3 is 10.3 Å². The first-order valence-corrected chi connectivity index (χ1v) is 5.64. The van der Waals surface area contributed by atoms with Crippen molar-refractivity contribution in [2.75, 3.05) is 6.54 Å². The summed E-state index contributed by atoms with van der Waals surface area (Å²) < 4.78 is 2.16. The third-order valence-electron chi connectivity index (χ3n) is 1.97. The molecule has 0 amide bonds. The molecule has 0 saturated carbocycles. The average molecular weight is 199 g/mol. The van der Waals surface area contributed by atoms with Gasteiger partial charge in [-0.15, -0.1) is 11.8 Å². The van der Waals surface area contributed by atoms with Gasteiger partial charge in [-0.2, -0.15) is 0 Å². The van der Waals surface area contributed by atoms with Crippen molar-refractivity contribution in [2.45, 2.75) is 31.4 Å². The largest absolute Gasteiger partial charge is 0.335 e. The fourth-order valence-electron chi connectivity index (χ4n) is 1.05. The number of rotatable bonds is 5. The quantitative estimate of drug-likeness (QED) is 0.781. The molecule has 1 unspecified atom stereocenters. The second-order valence-electron chi connectivity index (χ2n) is 2.99. The number of nitrogens with two attached hydrogens (primary N) is 1. The lowest BCUT2D eigenvalue weighted by molar-refractivity contribution is 0.725. The molecule has 0 bridgehead atoms. The van der Waals surface area contributed by atoms with Gasteiger partial charge >= 0.3 is 0 Å². The van der Waals surface area contributed by atoms with Crippen molar-refractivity contribution in [3.05, 3.63) is 18.2 Å². The first kappa shape index (κ1) is 10.6. The third-order valence-corrected chi connectivity index (χ3v) is 3.16. The summed E-state index contributed by atoms with van der Waals surface area (Å²) in [6, 6.07) is 0. The van der Waals surface area contributed by atoms with Gasteiger partial charge in [0.25, 0.3) is 0 Å². The Labute approximate surface area is 83.7 Å². The van der Waals surface area contributed by atoms with Crippen molar-refractivity contribution in [2.24, 2.45) is 5.73 Å². The number of aromatic nitrogens is 2. The number of aryl methyl sites for hydroxylation is 1. The topological polar surface area (TPSA) is 43.8 Å². The molecule has 2 N–H and O–H groups in total. The van der Waals surface area contributed by atoms with E-state index in [4.69, 9.17) is 5.73 Å². The van der Waals surface area contributed by atoms with Gasteiger partial charge in [-0.25, -0.2) is 4.98 Å². The lowest BCUT2D eigenvalue weighted by atomic mass is 10.5. The van der Waals surface area contributed by atoms with Gasteiger partial charge in [0.05, 0.1) is 5.75 Å². The van der Waals surface area contributed by atoms with Gasteiger partial charge in [-0.1, -0.05) is 6.92 Å². The second kappa shape index (κ2) is 5.29. The summed E-state index contributed by atoms with van der Waals surface area (Å²) in [5, 5.41) is 0.516. The molecule has 1 atom stereocenters. The lowest BCUT2D eigenvalue weighted by Crippen LogP contribution is -2.13. The van der Waals surface area contributed by atoms with E-state index >= 15 is 0 Å². The fraction of sp³-hybridized carbons (Fsp3) is 0.667. The Hall–Kier alpha value is -0.480. The number of hydrogen-bond donors (Lipinski definition) is 1. The maximum atomic E-state index is 5.53. The highest BCUT2D eigenvalue weighted by Crippen LogP contribution is 2.15. The lowest BCUT2D eigenvalue weighted by Gasteiger charge is -2.08. The van der Waals surface area contributed by atoms with Crippen LogP contribution in [0.25, 0.3) is 0 Å². The molecule has 0 saturated heterocycles. The van der Waals surface area contributed by atoms with Crippen LogP contribution in [0.4, 0.5) is 0 Å². The van der Waals surface area contributed by atoms with Crippen molar-refractivity contribution in [3.63, 3.8) is 0 Å². The standard InChI is InChI=1S/C9H17N3S/c1-3-12-5-4-11-9(12)7-13-8(2)6-10/h4-5,8H,3,6-7,10H2,1-2H3. The Balaban J connectivity index is 2.44. The normalized spacial score (nSPS) is 13.2. The van der Waals surface area contributed by atoms with E-state index in [9.17, 15) is 0 Å². The zero-order chi connectivity index (χ0) is 9.68. The molecular formula is C9H17N3S. The molecule has 74 valence electrons. The zero-order valence-corrected chi connectivity index (χ0v) is 9.05. The summed E-state index contributed by atoms with van der Waals surface area (Å²) in [6.07, 6.45) is 3.87. The van der Waals surface area contributed by atoms with Crippen molar-refractivity contribution in [1.82, 2.24) is 9.55 Å². The highest BCUT2D eigenvalue weighted by molar-refractivity contribution is 7.99. The van der Waals surface area contributed by atoms with Crippen LogP contribution in [0.3, 0.4) is 0 Å². The third kappa shape index (κ3) is 3.04. The molecule has 3 nitrogen and oxygen atoms in total. The molecule has 13 heavy (non-hydrogen) atoms. The van der Waals surface area contributed by atoms with Crippen LogP contribution in [-0.4, -0.2) is 21.3 Å². The van der Waals surface area contributed by atoms with Gasteiger partial charge in [-0.05, 0) is 6.92 Å². The van der Waals surface area contributed by atoms with Crippen LogP contribution in [0, 0.1) is 0 Å². The van der Waals surface area contributed by atoms with Crippen LogP contribution in [0.1, 0.15) is 19.7 Å². The molecule has 1 aromatic heterocycles. The summed E-state index contributed by atoms with van der Waals surface area (Å²) in [4.78, 5) is 4.29. The van der Waals surface area contributed by atoms with Crippen LogP contribution in [0.2, 0.25) is 0 Å². The van der Waals surface area contributed by atoms with Crippen molar-refractivity contribution in [1.29, 1.82) is 0 Å². The number of thioether (sulfide) groups is 1. The zero-order valence-electron chi connectivity index (χ0n) is 8.23. The predicted molar refractivity (Wildman–Crippen MR) is 57.7 cm³/mol. The number of imidazole rings is 1. The summed E-state index contributed by atoms with van der Waals surface area (Å²) in [5.74, 6) is 2.10. The molecular weight excluding hydrogens is 182 g/mol. The van der Waals surface area contributed by atoms with E-state index in [0.717, 1.165) is 24.7 Å². The maximum Gasteiger partial charge on any atom is 0.118 e. The van der Waals surface area contributed by atoms with Crippen molar-refractivity contribution in [3.8, 4) is 0 Å². The average Bonchev–Trinajstić information content (AvgIpc) is 2.61. The van der Waals surface area contributed by atoms with Gasteiger partial charge in [0.15, 0.2) is 0 Å². The maximum absolute atomic E-state index is 5.53. The van der Waals surface area contributed by atoms with E-state index in [0.29, 0.717) is 5.25 Å². The van der Waals surface area contributed by atoms with E-state index in [1.807, 2.05) is 24.2 Å². The molecule has 4 heteroatoms. The van der Waals surface area contributed by atoms with Crippen molar-refractivity contribution >= 4 is 11.8 Å². The van der Waals surface area contributed by atoms with E-state index in [2.05, 4.69) is 23.4 Å². The SMILES string of the molecule is CCn1ccnc1CSC(C)CN. The Kier molecular flexibility index (Phi) is 4.32. The molecule has 0 fully saturated rings. The van der Waals surface area contributed by atoms with E-state index in [1.165, 1.54) is 0 Å². The highest BCUT2D eigenvalue weighted by Gasteiger charge is 2.04. The van der Waals surface area contributed by atoms with E-state index < -0.39 is 0 Å². The molecule has 1 heterocycles. The first-order chi connectivity index (χ1) is 6.27. The molecule has 0 spiro atoms. The van der Waals surface area contributed by atoms with Crippen LogP contribution in [0.15, 0.2) is 12.4 Å². The second-order valence-corrected chi connectivity index (χ2v) is 4.41. The fourth-order valence-corrected chi connectivity index (χ4v) is 1.86. The van der Waals surface area contributed by atoms with Gasteiger partial charge in [0, 0.05) is 30.7 Å². The van der Waals surface area contributed by atoms with Crippen LogP contribution in [0.5, 0.6) is 0 Å². The Morgan fingerprint density at radius 2 is 2.46 bits per heavy atom. The Bertz CT molecular complexity index is 247. The van der Waals surface area contributed by atoms with E-state index in [-0.39, 0.29) is 0 Å². The smallest absolute Gasteiger partial charge is 0.118 e. The van der Waals surface area contributed by atoms with Crippen LogP contribution < -0.4 is 5.73 Å². The highest BCUT2D eigenvalue weighted by atomic mass is 32.2. The minimum atomic E-state index is 0.516. The van der Waals surface area contributed by atoms with Crippen LogP contribution >= 0.6 is 11.8 Å². The van der Waals surface area contributed by atoms with Crippen LogP contribution in [-0.2, 0) is 12.3 Å². The summed E-state index contributed by atoms with van der Waals surface area (Å²) in [6.45, 7) is 6.00. The molecule has 1 aromatic rings. The Morgan fingerprint density at radius 1 is 1.69 bits per heavy atom. The summed E-state index contributed by atoms with van der Waals surface area (Å²) in [5.41, 5.74) is 5.53. The molecule has 0 aromatic carbocycles. The number of nitrogens with zero attached hydrogens (tertiary/aromatic N) is 2. The molecule has 0 aliphatic heterocycles. The van der Waals surface area contributed by atoms with Crippen molar-refractivity contribution < 1.29 is 0 Å². The summed E-state index contributed by atoms with van der Waals surface area (Å²) in [7, 11) is 0. The molecule has 0 radical (unpaired) electrons. The minimum absolute atomic E-state index is 0.516. The monoisotopic (exact) mass is 199 g/mol. The number of hydrogen-bond acceptors (Lipinski definition) is 3. The van der Waals surface area contributed by atoms with Gasteiger partial charge in [0.1, 0.15) is 5.82 Å². The minimum Gasteiger partial charge on any atom is -0.335 e. The van der Waals surface area contributed by atoms with Gasteiger partial charge in [-0.3, -0.25) is 0 Å². The van der Waals surface area contributed by atoms with Gasteiger partial charge in [0.2, 0.25) is 0 Å². The summed E-state index contributed by atoms with van der Waals surface area (Å²) >= 11 is 1.86. The Morgan fingerprint density at radius 3 is 3.08 bits per heavy atom. The predicted octanol–water partition coefficient (Wildman–Crippen LogP) is 1.48. The molecule has 0 aliphatic carbocycles. The molecule has 0 aliphatic rings.